The monoisotopic (exact) mass is 271 g/mol. The number of benzene rings is 1. The lowest BCUT2D eigenvalue weighted by Crippen LogP contribution is -2.13. The summed E-state index contributed by atoms with van der Waals surface area (Å²) in [5, 5.41) is 0. The molecule has 1 aromatic rings. The van der Waals surface area contributed by atoms with E-state index in [2.05, 4.69) is 0 Å². The number of rotatable bonds is 7. The number of ether oxygens (including phenoxy) is 1. The molecule has 0 aliphatic heterocycles. The smallest absolute Gasteiger partial charge is 0.305 e. The predicted octanol–water partition coefficient (Wildman–Crippen LogP) is 3.09. The molecule has 0 spiro atoms. The molecule has 0 aliphatic carbocycles. The van der Waals surface area contributed by atoms with Crippen LogP contribution < -0.4 is 5.73 Å². The Kier molecular flexibility index (Phi) is 6.42. The summed E-state index contributed by atoms with van der Waals surface area (Å²) in [5.74, 6) is -1.24. The van der Waals surface area contributed by atoms with Crippen molar-refractivity contribution in [2.45, 2.75) is 38.6 Å². The standard InChI is InChI=1S/C14H19F2NO2/c1-2-19-14(18)6-4-3-5-13(17)11-9-10(15)7-8-12(11)16/h7-9,13H,2-6,17H2,1H3. The van der Waals surface area contributed by atoms with Crippen LogP contribution in [0.5, 0.6) is 0 Å². The van der Waals surface area contributed by atoms with E-state index >= 15 is 0 Å². The average molecular weight is 271 g/mol. The van der Waals surface area contributed by atoms with Gasteiger partial charge in [-0.1, -0.05) is 6.42 Å². The van der Waals surface area contributed by atoms with Gasteiger partial charge in [0.15, 0.2) is 0 Å². The summed E-state index contributed by atoms with van der Waals surface area (Å²) >= 11 is 0. The second-order valence-electron chi connectivity index (χ2n) is 4.32. The van der Waals surface area contributed by atoms with E-state index in [1.807, 2.05) is 0 Å². The fourth-order valence-electron chi connectivity index (χ4n) is 1.82. The highest BCUT2D eigenvalue weighted by Gasteiger charge is 2.12. The molecular weight excluding hydrogens is 252 g/mol. The summed E-state index contributed by atoms with van der Waals surface area (Å²) in [6, 6.07) is 2.69. The quantitative estimate of drug-likeness (QED) is 0.612. The summed E-state index contributed by atoms with van der Waals surface area (Å²) in [6.07, 6.45) is 2.12. The van der Waals surface area contributed by atoms with Gasteiger partial charge in [0.2, 0.25) is 0 Å². The first-order valence-corrected chi connectivity index (χ1v) is 6.40. The minimum atomic E-state index is -0.558. The Morgan fingerprint density at radius 3 is 2.79 bits per heavy atom. The van der Waals surface area contributed by atoms with Gasteiger partial charge >= 0.3 is 5.97 Å². The number of nitrogens with two attached hydrogens (primary N) is 1. The summed E-state index contributed by atoms with van der Waals surface area (Å²) in [4.78, 5) is 11.1. The molecule has 1 aromatic carbocycles. The van der Waals surface area contributed by atoms with Gasteiger partial charge in [-0.3, -0.25) is 4.79 Å². The first-order chi connectivity index (χ1) is 9.04. The minimum absolute atomic E-state index is 0.177. The third kappa shape index (κ3) is 5.34. The molecule has 1 unspecified atom stereocenters. The zero-order chi connectivity index (χ0) is 14.3. The van der Waals surface area contributed by atoms with Gasteiger partial charge in [0.25, 0.3) is 0 Å². The van der Waals surface area contributed by atoms with E-state index in [9.17, 15) is 13.6 Å². The summed E-state index contributed by atoms with van der Waals surface area (Å²) in [5.41, 5.74) is 5.99. The Bertz CT molecular complexity index is 424. The molecule has 0 saturated heterocycles. The average Bonchev–Trinajstić information content (AvgIpc) is 2.37. The van der Waals surface area contributed by atoms with E-state index in [1.165, 1.54) is 0 Å². The van der Waals surface area contributed by atoms with Gasteiger partial charge in [-0.15, -0.1) is 0 Å². The summed E-state index contributed by atoms with van der Waals surface area (Å²) in [6.45, 7) is 2.12. The zero-order valence-electron chi connectivity index (χ0n) is 11.0. The third-order valence-corrected chi connectivity index (χ3v) is 2.81. The Morgan fingerprint density at radius 1 is 1.37 bits per heavy atom. The number of unbranched alkanes of at least 4 members (excludes halogenated alkanes) is 1. The van der Waals surface area contributed by atoms with Crippen molar-refractivity contribution in [1.82, 2.24) is 0 Å². The molecule has 0 radical (unpaired) electrons. The number of carbonyl (C=O) groups excluding carboxylic acids is 1. The van der Waals surface area contributed by atoms with Gasteiger partial charge in [0.1, 0.15) is 11.6 Å². The Morgan fingerprint density at radius 2 is 2.11 bits per heavy atom. The van der Waals surface area contributed by atoms with Gasteiger partial charge in [0.05, 0.1) is 6.61 Å². The van der Waals surface area contributed by atoms with E-state index in [1.54, 1.807) is 6.92 Å². The van der Waals surface area contributed by atoms with Gasteiger partial charge in [-0.05, 0) is 38.0 Å². The summed E-state index contributed by atoms with van der Waals surface area (Å²) < 4.78 is 31.2. The van der Waals surface area contributed by atoms with Crippen LogP contribution in [0.25, 0.3) is 0 Å². The number of esters is 1. The molecular formula is C14H19F2NO2. The number of halogens is 2. The molecule has 0 aliphatic rings. The van der Waals surface area contributed by atoms with Crippen molar-refractivity contribution in [3.8, 4) is 0 Å². The number of hydrogen-bond acceptors (Lipinski definition) is 3. The first-order valence-electron chi connectivity index (χ1n) is 6.40. The second kappa shape index (κ2) is 7.84. The highest BCUT2D eigenvalue weighted by molar-refractivity contribution is 5.69. The maximum atomic E-state index is 13.4. The van der Waals surface area contributed by atoms with Crippen LogP contribution in [-0.4, -0.2) is 12.6 Å². The molecule has 0 saturated carbocycles. The largest absolute Gasteiger partial charge is 0.466 e. The molecule has 5 heteroatoms. The molecule has 0 bridgehead atoms. The number of hydrogen-bond donors (Lipinski definition) is 1. The van der Waals surface area contributed by atoms with Crippen LogP contribution in [0.1, 0.15) is 44.2 Å². The fraction of sp³-hybridized carbons (Fsp3) is 0.500. The maximum absolute atomic E-state index is 13.4. The fourth-order valence-corrected chi connectivity index (χ4v) is 1.82. The summed E-state index contributed by atoms with van der Waals surface area (Å²) in [7, 11) is 0. The van der Waals surface area contributed by atoms with Gasteiger partial charge in [-0.2, -0.15) is 0 Å². The van der Waals surface area contributed by atoms with Crippen LogP contribution >= 0.6 is 0 Å². The number of carbonyl (C=O) groups is 1. The van der Waals surface area contributed by atoms with Crippen molar-refractivity contribution in [3.05, 3.63) is 35.4 Å². The lowest BCUT2D eigenvalue weighted by molar-refractivity contribution is -0.143. The second-order valence-corrected chi connectivity index (χ2v) is 4.32. The Hall–Kier alpha value is -1.49. The molecule has 2 N–H and O–H groups in total. The van der Waals surface area contributed by atoms with Crippen molar-refractivity contribution in [2.75, 3.05) is 6.61 Å². The minimum Gasteiger partial charge on any atom is -0.466 e. The van der Waals surface area contributed by atoms with Crippen molar-refractivity contribution in [3.63, 3.8) is 0 Å². The van der Waals surface area contributed by atoms with Crippen molar-refractivity contribution < 1.29 is 18.3 Å². The van der Waals surface area contributed by atoms with Crippen LogP contribution in [0.15, 0.2) is 18.2 Å². The maximum Gasteiger partial charge on any atom is 0.305 e. The van der Waals surface area contributed by atoms with E-state index in [4.69, 9.17) is 10.5 Å². The van der Waals surface area contributed by atoms with E-state index < -0.39 is 17.7 Å². The van der Waals surface area contributed by atoms with Crippen molar-refractivity contribution in [2.24, 2.45) is 5.73 Å². The van der Waals surface area contributed by atoms with Crippen LogP contribution in [0.2, 0.25) is 0 Å². The highest BCUT2D eigenvalue weighted by atomic mass is 19.1. The molecule has 1 rings (SSSR count). The Balaban J connectivity index is 2.37. The lowest BCUT2D eigenvalue weighted by Gasteiger charge is -2.12. The molecule has 19 heavy (non-hydrogen) atoms. The lowest BCUT2D eigenvalue weighted by atomic mass is 10.0. The zero-order valence-corrected chi connectivity index (χ0v) is 11.0. The van der Waals surface area contributed by atoms with Crippen LogP contribution in [0.3, 0.4) is 0 Å². The van der Waals surface area contributed by atoms with E-state index in [0.29, 0.717) is 32.3 Å². The molecule has 0 heterocycles. The topological polar surface area (TPSA) is 52.3 Å². The molecule has 0 aromatic heterocycles. The van der Waals surface area contributed by atoms with E-state index in [-0.39, 0.29) is 11.5 Å². The first kappa shape index (κ1) is 15.6. The van der Waals surface area contributed by atoms with Crippen molar-refractivity contribution >= 4 is 5.97 Å². The molecule has 1 atom stereocenters. The van der Waals surface area contributed by atoms with Crippen LogP contribution in [0, 0.1) is 11.6 Å². The molecule has 0 amide bonds. The van der Waals surface area contributed by atoms with Gasteiger partial charge in [0, 0.05) is 18.0 Å². The van der Waals surface area contributed by atoms with Crippen molar-refractivity contribution in [1.29, 1.82) is 0 Å². The third-order valence-electron chi connectivity index (χ3n) is 2.81. The highest BCUT2D eigenvalue weighted by Crippen LogP contribution is 2.21. The SMILES string of the molecule is CCOC(=O)CCCCC(N)c1cc(F)ccc1F. The Labute approximate surface area is 111 Å². The predicted molar refractivity (Wildman–Crippen MR) is 68.4 cm³/mol. The van der Waals surface area contributed by atoms with E-state index in [0.717, 1.165) is 18.2 Å². The van der Waals surface area contributed by atoms with Gasteiger partial charge in [-0.25, -0.2) is 8.78 Å². The van der Waals surface area contributed by atoms with Crippen LogP contribution in [0.4, 0.5) is 8.78 Å². The molecule has 0 fully saturated rings. The molecule has 106 valence electrons. The normalized spacial score (nSPS) is 12.2. The molecule has 3 nitrogen and oxygen atoms in total. The van der Waals surface area contributed by atoms with Gasteiger partial charge < -0.3 is 10.5 Å². The van der Waals surface area contributed by atoms with Crippen LogP contribution in [-0.2, 0) is 9.53 Å².